The Labute approximate surface area is 119 Å². The molecule has 0 fully saturated rings. The first-order valence-electron chi connectivity index (χ1n) is 6.25. The average molecular weight is 287 g/mol. The highest BCUT2D eigenvalue weighted by atomic mass is 19.1. The maximum Gasteiger partial charge on any atom is 0.352 e. The van der Waals surface area contributed by atoms with Crippen LogP contribution in [0.5, 0.6) is 0 Å². The molecule has 3 aromatic rings. The van der Waals surface area contributed by atoms with Crippen molar-refractivity contribution in [2.24, 2.45) is 7.05 Å². The van der Waals surface area contributed by atoms with Crippen LogP contribution in [0, 0.1) is 11.6 Å². The van der Waals surface area contributed by atoms with E-state index in [0.29, 0.717) is 16.5 Å². The number of aromatic carboxylic acids is 1. The quantitative estimate of drug-likeness (QED) is 0.778. The fourth-order valence-corrected chi connectivity index (χ4v) is 2.45. The molecule has 0 saturated carbocycles. The van der Waals surface area contributed by atoms with Gasteiger partial charge in [0.25, 0.3) is 0 Å². The van der Waals surface area contributed by atoms with Gasteiger partial charge in [-0.05, 0) is 41.5 Å². The van der Waals surface area contributed by atoms with Crippen molar-refractivity contribution >= 4 is 16.9 Å². The molecule has 3 rings (SSSR count). The molecule has 0 unspecified atom stereocenters. The fourth-order valence-electron chi connectivity index (χ4n) is 2.45. The van der Waals surface area contributed by atoms with E-state index in [1.165, 1.54) is 18.2 Å². The number of aryl methyl sites for hydroxylation is 1. The van der Waals surface area contributed by atoms with Crippen LogP contribution in [0.15, 0.2) is 42.5 Å². The zero-order valence-corrected chi connectivity index (χ0v) is 11.1. The van der Waals surface area contributed by atoms with E-state index in [-0.39, 0.29) is 5.69 Å². The average Bonchev–Trinajstić information content (AvgIpc) is 2.75. The second kappa shape index (κ2) is 4.70. The van der Waals surface area contributed by atoms with Gasteiger partial charge in [0, 0.05) is 24.0 Å². The van der Waals surface area contributed by atoms with Gasteiger partial charge in [-0.3, -0.25) is 0 Å². The molecule has 5 heteroatoms. The topological polar surface area (TPSA) is 42.2 Å². The molecule has 2 aromatic carbocycles. The highest BCUT2D eigenvalue weighted by Gasteiger charge is 2.12. The van der Waals surface area contributed by atoms with Gasteiger partial charge in [0.05, 0.1) is 0 Å². The summed E-state index contributed by atoms with van der Waals surface area (Å²) >= 11 is 0. The molecule has 1 heterocycles. The number of carbonyl (C=O) groups is 1. The van der Waals surface area contributed by atoms with Gasteiger partial charge in [-0.25, -0.2) is 13.6 Å². The summed E-state index contributed by atoms with van der Waals surface area (Å²) in [7, 11) is 1.66. The van der Waals surface area contributed by atoms with Gasteiger partial charge in [0.2, 0.25) is 0 Å². The Hall–Kier alpha value is -2.69. The predicted molar refractivity (Wildman–Crippen MR) is 75.2 cm³/mol. The lowest BCUT2D eigenvalue weighted by Crippen LogP contribution is -2.03. The summed E-state index contributed by atoms with van der Waals surface area (Å²) in [5.41, 5.74) is 1.94. The Balaban J connectivity index is 2.19. The molecule has 0 radical (unpaired) electrons. The van der Waals surface area contributed by atoms with Gasteiger partial charge in [-0.15, -0.1) is 0 Å². The van der Waals surface area contributed by atoms with Crippen molar-refractivity contribution in [3.63, 3.8) is 0 Å². The number of carboxylic acid groups (broad SMARTS) is 1. The van der Waals surface area contributed by atoms with Gasteiger partial charge >= 0.3 is 5.97 Å². The van der Waals surface area contributed by atoms with Crippen LogP contribution >= 0.6 is 0 Å². The third kappa shape index (κ3) is 2.27. The summed E-state index contributed by atoms with van der Waals surface area (Å²) in [6, 6.07) is 10.00. The molecule has 0 aliphatic carbocycles. The summed E-state index contributed by atoms with van der Waals surface area (Å²) in [6.07, 6.45) is 0. The summed E-state index contributed by atoms with van der Waals surface area (Å²) in [4.78, 5) is 11.1. The molecule has 21 heavy (non-hydrogen) atoms. The SMILES string of the molecule is Cn1c(C(=O)O)cc2cc(-c3cc(F)cc(F)c3)ccc21. The summed E-state index contributed by atoms with van der Waals surface area (Å²) in [6.45, 7) is 0. The molecule has 0 spiro atoms. The Morgan fingerprint density at radius 1 is 1.00 bits per heavy atom. The standard InChI is InChI=1S/C16H11F2NO2/c1-19-14-3-2-9(4-11(14)7-15(19)16(20)21)10-5-12(17)8-13(18)6-10/h2-8H,1H3,(H,20,21). The number of rotatable bonds is 2. The molecule has 0 aliphatic heterocycles. The Kier molecular flexibility index (Phi) is 2.97. The monoisotopic (exact) mass is 287 g/mol. The van der Waals surface area contributed by atoms with Crippen molar-refractivity contribution < 1.29 is 18.7 Å². The van der Waals surface area contributed by atoms with Gasteiger partial charge in [-0.1, -0.05) is 6.07 Å². The van der Waals surface area contributed by atoms with Crippen LogP contribution in [-0.4, -0.2) is 15.6 Å². The summed E-state index contributed by atoms with van der Waals surface area (Å²) in [5.74, 6) is -2.32. The lowest BCUT2D eigenvalue weighted by atomic mass is 10.0. The first-order chi connectivity index (χ1) is 9.95. The number of carboxylic acids is 1. The van der Waals surface area contributed by atoms with Crippen LogP contribution in [0.25, 0.3) is 22.0 Å². The first kappa shape index (κ1) is 13.3. The third-order valence-corrected chi connectivity index (χ3v) is 3.46. The molecule has 1 N–H and O–H groups in total. The number of fused-ring (bicyclic) bond motifs is 1. The van der Waals surface area contributed by atoms with Crippen molar-refractivity contribution in [2.45, 2.75) is 0 Å². The minimum absolute atomic E-state index is 0.160. The van der Waals surface area contributed by atoms with Crippen LogP contribution in [0.4, 0.5) is 8.78 Å². The first-order valence-corrected chi connectivity index (χ1v) is 6.25. The van der Waals surface area contributed by atoms with E-state index in [1.54, 1.807) is 29.8 Å². The van der Waals surface area contributed by atoms with Crippen molar-refractivity contribution in [3.8, 4) is 11.1 Å². The molecule has 0 amide bonds. The normalized spacial score (nSPS) is 11.0. The molecule has 106 valence electrons. The van der Waals surface area contributed by atoms with E-state index >= 15 is 0 Å². The number of benzene rings is 2. The molecule has 0 saturated heterocycles. The van der Waals surface area contributed by atoms with E-state index in [4.69, 9.17) is 5.11 Å². The number of halogens is 2. The minimum Gasteiger partial charge on any atom is -0.477 e. The molecule has 1 aromatic heterocycles. The Morgan fingerprint density at radius 3 is 2.29 bits per heavy atom. The maximum atomic E-state index is 13.3. The molecule has 0 aliphatic rings. The van der Waals surface area contributed by atoms with Crippen molar-refractivity contribution in [1.82, 2.24) is 4.57 Å². The number of nitrogens with zero attached hydrogens (tertiary/aromatic N) is 1. The molecular formula is C16H11F2NO2. The number of aromatic nitrogens is 1. The van der Waals surface area contributed by atoms with E-state index in [1.807, 2.05) is 0 Å². The van der Waals surface area contributed by atoms with Crippen LogP contribution in [0.1, 0.15) is 10.5 Å². The zero-order chi connectivity index (χ0) is 15.1. The maximum absolute atomic E-state index is 13.3. The molecule has 0 atom stereocenters. The second-order valence-electron chi connectivity index (χ2n) is 4.83. The van der Waals surface area contributed by atoms with Crippen molar-refractivity contribution in [1.29, 1.82) is 0 Å². The fraction of sp³-hybridized carbons (Fsp3) is 0.0625. The Morgan fingerprint density at radius 2 is 1.67 bits per heavy atom. The van der Waals surface area contributed by atoms with Gasteiger partial charge in [0.1, 0.15) is 17.3 Å². The van der Waals surface area contributed by atoms with Crippen LogP contribution in [0.2, 0.25) is 0 Å². The van der Waals surface area contributed by atoms with Crippen LogP contribution < -0.4 is 0 Å². The molecular weight excluding hydrogens is 276 g/mol. The minimum atomic E-state index is -1.02. The largest absolute Gasteiger partial charge is 0.477 e. The smallest absolute Gasteiger partial charge is 0.352 e. The lowest BCUT2D eigenvalue weighted by molar-refractivity contribution is 0.0687. The van der Waals surface area contributed by atoms with Gasteiger partial charge in [-0.2, -0.15) is 0 Å². The highest BCUT2D eigenvalue weighted by molar-refractivity contribution is 5.96. The summed E-state index contributed by atoms with van der Waals surface area (Å²) in [5, 5.41) is 9.81. The second-order valence-corrected chi connectivity index (χ2v) is 4.83. The van der Waals surface area contributed by atoms with E-state index in [0.717, 1.165) is 11.6 Å². The van der Waals surface area contributed by atoms with E-state index in [9.17, 15) is 13.6 Å². The van der Waals surface area contributed by atoms with Crippen LogP contribution in [-0.2, 0) is 7.05 Å². The molecule has 3 nitrogen and oxygen atoms in total. The summed E-state index contributed by atoms with van der Waals surface area (Å²) < 4.78 is 28.1. The Bertz CT molecular complexity index is 848. The van der Waals surface area contributed by atoms with E-state index < -0.39 is 17.6 Å². The van der Waals surface area contributed by atoms with Crippen molar-refractivity contribution in [2.75, 3.05) is 0 Å². The van der Waals surface area contributed by atoms with Crippen LogP contribution in [0.3, 0.4) is 0 Å². The van der Waals surface area contributed by atoms with E-state index in [2.05, 4.69) is 0 Å². The predicted octanol–water partition coefficient (Wildman–Crippen LogP) is 3.82. The van der Waals surface area contributed by atoms with Gasteiger partial charge < -0.3 is 9.67 Å². The lowest BCUT2D eigenvalue weighted by Gasteiger charge is -2.04. The third-order valence-electron chi connectivity index (χ3n) is 3.46. The molecule has 0 bridgehead atoms. The van der Waals surface area contributed by atoms with Gasteiger partial charge in [0.15, 0.2) is 0 Å². The highest BCUT2D eigenvalue weighted by Crippen LogP contribution is 2.27. The number of hydrogen-bond acceptors (Lipinski definition) is 1. The number of hydrogen-bond donors (Lipinski definition) is 1. The van der Waals surface area contributed by atoms with Crippen molar-refractivity contribution in [3.05, 3.63) is 59.8 Å². The zero-order valence-electron chi connectivity index (χ0n) is 11.1.